The molecule has 2 aromatic carbocycles. The summed E-state index contributed by atoms with van der Waals surface area (Å²) < 4.78 is 13.0. The summed E-state index contributed by atoms with van der Waals surface area (Å²) in [5, 5.41) is 3.35. The van der Waals surface area contributed by atoms with Gasteiger partial charge in [0.25, 0.3) is 5.91 Å². The van der Waals surface area contributed by atoms with Crippen LogP contribution >= 0.6 is 11.6 Å². The first-order valence-corrected chi connectivity index (χ1v) is 9.06. The Morgan fingerprint density at radius 2 is 1.89 bits per heavy atom. The molecule has 1 fully saturated rings. The van der Waals surface area contributed by atoms with E-state index in [4.69, 9.17) is 11.6 Å². The molecule has 0 aromatic heterocycles. The lowest BCUT2D eigenvalue weighted by Gasteiger charge is -2.27. The van der Waals surface area contributed by atoms with Crippen molar-refractivity contribution in [3.63, 3.8) is 0 Å². The minimum atomic E-state index is -1.11. The first-order valence-electron chi connectivity index (χ1n) is 8.69. The van der Waals surface area contributed by atoms with Crippen LogP contribution in [0, 0.1) is 5.82 Å². The molecule has 0 aliphatic carbocycles. The predicted molar refractivity (Wildman–Crippen MR) is 102 cm³/mol. The van der Waals surface area contributed by atoms with Crippen LogP contribution in [-0.4, -0.2) is 35.5 Å². The molecule has 1 saturated heterocycles. The van der Waals surface area contributed by atoms with E-state index in [1.54, 1.807) is 43.4 Å². The number of urea groups is 1. The molecule has 1 atom stereocenters. The van der Waals surface area contributed by atoms with Crippen molar-refractivity contribution in [2.24, 2.45) is 0 Å². The molecule has 1 heterocycles. The van der Waals surface area contributed by atoms with Gasteiger partial charge in [0.2, 0.25) is 0 Å². The van der Waals surface area contributed by atoms with E-state index in [0.29, 0.717) is 23.6 Å². The summed E-state index contributed by atoms with van der Waals surface area (Å²) in [6, 6.07) is 12.7. The Morgan fingerprint density at radius 1 is 1.19 bits per heavy atom. The number of nitrogens with one attached hydrogen (secondary N) is 1. The third-order valence-corrected chi connectivity index (χ3v) is 5.01. The Bertz CT molecular complexity index is 859. The van der Waals surface area contributed by atoms with E-state index in [1.165, 1.54) is 17.0 Å². The van der Waals surface area contributed by atoms with Gasteiger partial charge >= 0.3 is 6.03 Å². The minimum Gasteiger partial charge on any atom is -0.319 e. The molecule has 1 aliphatic rings. The lowest BCUT2D eigenvalue weighted by molar-refractivity contribution is -0.133. The van der Waals surface area contributed by atoms with Gasteiger partial charge in [0.1, 0.15) is 11.4 Å². The second kappa shape index (κ2) is 7.66. The molecule has 0 unspecified atom stereocenters. The molecule has 2 aromatic rings. The van der Waals surface area contributed by atoms with Crippen LogP contribution in [0.5, 0.6) is 0 Å². The van der Waals surface area contributed by atoms with Gasteiger partial charge in [0.05, 0.1) is 6.67 Å². The van der Waals surface area contributed by atoms with E-state index in [1.807, 2.05) is 11.8 Å². The number of carbonyl (C=O) groups excluding carboxylic acids is 2. The molecule has 1 N–H and O–H groups in total. The number of hydrogen-bond donors (Lipinski definition) is 1. The number of halogens is 2. The summed E-state index contributed by atoms with van der Waals surface area (Å²) in [6.45, 7) is 2.46. The summed E-state index contributed by atoms with van der Waals surface area (Å²) in [6.07, 6.45) is 0.413. The maximum atomic E-state index is 13.1. The third kappa shape index (κ3) is 3.82. The van der Waals surface area contributed by atoms with Crippen LogP contribution in [-0.2, 0) is 16.9 Å². The molecule has 3 amide bonds. The number of rotatable bonds is 6. The summed E-state index contributed by atoms with van der Waals surface area (Å²) >= 11 is 6.08. The fourth-order valence-electron chi connectivity index (χ4n) is 3.34. The lowest BCUT2D eigenvalue weighted by atomic mass is 9.87. The highest BCUT2D eigenvalue weighted by Gasteiger charge is 2.51. The molecule has 142 valence electrons. The summed E-state index contributed by atoms with van der Waals surface area (Å²) in [5.74, 6) is -0.604. The highest BCUT2D eigenvalue weighted by atomic mass is 35.5. The van der Waals surface area contributed by atoms with E-state index in [0.717, 1.165) is 5.56 Å². The van der Waals surface area contributed by atoms with Gasteiger partial charge in [-0.05, 0) is 48.9 Å². The molecule has 1 aliphatic heterocycles. The standard InChI is InChI=1S/C20H21ClFN3O2/c1-3-20(15-5-4-6-16(21)11-15)18(26)25(19(27)23-20)13-24(2)12-14-7-9-17(22)10-8-14/h4-11H,3,12-13H2,1-2H3,(H,23,27)/t20-/m1/s1. The van der Waals surface area contributed by atoms with E-state index in [-0.39, 0.29) is 18.4 Å². The lowest BCUT2D eigenvalue weighted by Crippen LogP contribution is -2.44. The highest BCUT2D eigenvalue weighted by molar-refractivity contribution is 6.30. The number of hydrogen-bond acceptors (Lipinski definition) is 3. The van der Waals surface area contributed by atoms with Gasteiger partial charge in [0, 0.05) is 11.6 Å². The quantitative estimate of drug-likeness (QED) is 0.766. The molecular weight excluding hydrogens is 369 g/mol. The van der Waals surface area contributed by atoms with Gasteiger partial charge in [-0.2, -0.15) is 0 Å². The van der Waals surface area contributed by atoms with Crippen molar-refractivity contribution in [1.82, 2.24) is 15.1 Å². The zero-order chi connectivity index (χ0) is 19.6. The number of amides is 3. The Morgan fingerprint density at radius 3 is 2.52 bits per heavy atom. The first-order chi connectivity index (χ1) is 12.9. The Balaban J connectivity index is 1.77. The monoisotopic (exact) mass is 389 g/mol. The largest absolute Gasteiger partial charge is 0.326 e. The second-order valence-electron chi connectivity index (χ2n) is 6.71. The van der Waals surface area contributed by atoms with Crippen molar-refractivity contribution < 1.29 is 14.0 Å². The van der Waals surface area contributed by atoms with Gasteiger partial charge in [-0.3, -0.25) is 9.69 Å². The van der Waals surface area contributed by atoms with Crippen molar-refractivity contribution in [2.75, 3.05) is 13.7 Å². The summed E-state index contributed by atoms with van der Waals surface area (Å²) in [5.41, 5.74) is 0.445. The average molecular weight is 390 g/mol. The SMILES string of the molecule is CC[C@]1(c2cccc(Cl)c2)NC(=O)N(CN(C)Cc2ccc(F)cc2)C1=O. The Labute approximate surface area is 162 Å². The summed E-state index contributed by atoms with van der Waals surface area (Å²) in [7, 11) is 1.80. The minimum absolute atomic E-state index is 0.129. The zero-order valence-corrected chi connectivity index (χ0v) is 16.0. The highest BCUT2D eigenvalue weighted by Crippen LogP contribution is 2.33. The second-order valence-corrected chi connectivity index (χ2v) is 7.15. The van der Waals surface area contributed by atoms with E-state index >= 15 is 0 Å². The van der Waals surface area contributed by atoms with Gasteiger partial charge in [0.15, 0.2) is 0 Å². The maximum Gasteiger partial charge on any atom is 0.326 e. The fourth-order valence-corrected chi connectivity index (χ4v) is 3.53. The smallest absolute Gasteiger partial charge is 0.319 e. The number of nitrogens with zero attached hydrogens (tertiary/aromatic N) is 2. The van der Waals surface area contributed by atoms with Crippen molar-refractivity contribution in [1.29, 1.82) is 0 Å². The Kier molecular flexibility index (Phi) is 5.48. The van der Waals surface area contributed by atoms with E-state index < -0.39 is 11.6 Å². The van der Waals surface area contributed by atoms with Crippen LogP contribution in [0.2, 0.25) is 5.02 Å². The van der Waals surface area contributed by atoms with Crippen LogP contribution in [0.4, 0.5) is 9.18 Å². The normalized spacial score (nSPS) is 19.7. The molecule has 27 heavy (non-hydrogen) atoms. The summed E-state index contributed by atoms with van der Waals surface area (Å²) in [4.78, 5) is 28.7. The average Bonchev–Trinajstić information content (AvgIpc) is 2.89. The fraction of sp³-hybridized carbons (Fsp3) is 0.300. The zero-order valence-electron chi connectivity index (χ0n) is 15.2. The number of imide groups is 1. The van der Waals surface area contributed by atoms with Crippen LogP contribution in [0.1, 0.15) is 24.5 Å². The van der Waals surface area contributed by atoms with Crippen LogP contribution < -0.4 is 5.32 Å². The van der Waals surface area contributed by atoms with Crippen molar-refractivity contribution in [3.05, 3.63) is 70.5 Å². The maximum absolute atomic E-state index is 13.1. The van der Waals surface area contributed by atoms with Gasteiger partial charge in [-0.25, -0.2) is 14.1 Å². The number of carbonyl (C=O) groups is 2. The van der Waals surface area contributed by atoms with E-state index in [2.05, 4.69) is 5.32 Å². The molecule has 3 rings (SSSR count). The van der Waals surface area contributed by atoms with E-state index in [9.17, 15) is 14.0 Å². The first kappa shape index (κ1) is 19.3. The predicted octanol–water partition coefficient (Wildman–Crippen LogP) is 3.73. The molecule has 5 nitrogen and oxygen atoms in total. The third-order valence-electron chi connectivity index (χ3n) is 4.77. The molecule has 0 saturated carbocycles. The molecule has 0 spiro atoms. The van der Waals surface area contributed by atoms with Crippen LogP contribution in [0.15, 0.2) is 48.5 Å². The van der Waals surface area contributed by atoms with Crippen molar-refractivity contribution in [2.45, 2.75) is 25.4 Å². The molecule has 0 bridgehead atoms. The van der Waals surface area contributed by atoms with Crippen LogP contribution in [0.3, 0.4) is 0 Å². The van der Waals surface area contributed by atoms with Gasteiger partial charge < -0.3 is 5.32 Å². The van der Waals surface area contributed by atoms with Crippen molar-refractivity contribution >= 4 is 23.5 Å². The van der Waals surface area contributed by atoms with Gasteiger partial charge in [-0.15, -0.1) is 0 Å². The molecule has 7 heteroatoms. The number of benzene rings is 2. The van der Waals surface area contributed by atoms with Gasteiger partial charge in [-0.1, -0.05) is 42.8 Å². The topological polar surface area (TPSA) is 52.7 Å². The van der Waals surface area contributed by atoms with Crippen LogP contribution in [0.25, 0.3) is 0 Å². The van der Waals surface area contributed by atoms with Crippen molar-refractivity contribution in [3.8, 4) is 0 Å². The Hall–Kier alpha value is -2.44. The molecular formula is C20H21ClFN3O2. The molecule has 0 radical (unpaired) electrons.